The van der Waals surface area contributed by atoms with Gasteiger partial charge in [-0.1, -0.05) is 33.6 Å². The van der Waals surface area contributed by atoms with Gasteiger partial charge in [0.05, 0.1) is 5.92 Å². The first-order chi connectivity index (χ1) is 13.3. The van der Waals surface area contributed by atoms with Crippen molar-refractivity contribution in [2.75, 3.05) is 23.4 Å². The van der Waals surface area contributed by atoms with Crippen LogP contribution >= 0.6 is 27.5 Å². The van der Waals surface area contributed by atoms with Gasteiger partial charge in [0.2, 0.25) is 5.91 Å². The van der Waals surface area contributed by atoms with E-state index in [0.717, 1.165) is 15.7 Å². The number of hydrogen-bond acceptors (Lipinski definition) is 4. The highest BCUT2D eigenvalue weighted by Crippen LogP contribution is 2.27. The summed E-state index contributed by atoms with van der Waals surface area (Å²) in [5, 5.41) is 3.16. The molecule has 1 N–H and O–H groups in total. The highest BCUT2D eigenvalue weighted by atomic mass is 79.9. The average Bonchev–Trinajstić information content (AvgIpc) is 3.05. The van der Waals surface area contributed by atoms with Crippen LogP contribution < -0.4 is 10.2 Å². The Morgan fingerprint density at radius 1 is 1.25 bits per heavy atom. The lowest BCUT2D eigenvalue weighted by molar-refractivity contribution is -0.151. The fraction of sp³-hybridized carbons (Fsp3) is 0.250. The quantitative estimate of drug-likeness (QED) is 0.679. The lowest BCUT2D eigenvalue weighted by atomic mass is 10.1. The lowest BCUT2D eigenvalue weighted by Gasteiger charge is -2.16. The molecule has 6 nitrogen and oxygen atoms in total. The number of amides is 2. The number of aryl methyl sites for hydroxylation is 1. The standard InChI is InChI=1S/C20H18BrClN2O4/c1-12-2-5-15(22)9-17(12)23-18(25)11-28-20(27)13-8-19(26)24(10-13)16-6-3-14(21)4-7-16/h2-7,9,13H,8,10-11H2,1H3,(H,23,25). The molecule has 28 heavy (non-hydrogen) atoms. The number of esters is 1. The Bertz CT molecular complexity index is 917. The number of nitrogens with zero attached hydrogens (tertiary/aromatic N) is 1. The van der Waals surface area contributed by atoms with Crippen LogP contribution in [0.15, 0.2) is 46.9 Å². The molecule has 0 aromatic heterocycles. The Kier molecular flexibility index (Phi) is 6.36. The maximum Gasteiger partial charge on any atom is 0.311 e. The third kappa shape index (κ3) is 4.91. The van der Waals surface area contributed by atoms with E-state index in [2.05, 4.69) is 21.2 Å². The molecular formula is C20H18BrClN2O4. The van der Waals surface area contributed by atoms with Crippen LogP contribution in [0.4, 0.5) is 11.4 Å². The molecule has 0 bridgehead atoms. The molecule has 1 unspecified atom stereocenters. The molecule has 1 aliphatic rings. The van der Waals surface area contributed by atoms with E-state index in [-0.39, 0.29) is 18.9 Å². The van der Waals surface area contributed by atoms with E-state index in [1.807, 2.05) is 19.1 Å². The fourth-order valence-electron chi connectivity index (χ4n) is 2.91. The van der Waals surface area contributed by atoms with Crippen molar-refractivity contribution in [1.29, 1.82) is 0 Å². The van der Waals surface area contributed by atoms with Gasteiger partial charge in [-0.2, -0.15) is 0 Å². The second-order valence-electron chi connectivity index (χ2n) is 6.50. The van der Waals surface area contributed by atoms with Crippen LogP contribution in [-0.4, -0.2) is 30.9 Å². The summed E-state index contributed by atoms with van der Waals surface area (Å²) in [6.07, 6.45) is 0.0594. The molecule has 8 heteroatoms. The van der Waals surface area contributed by atoms with Gasteiger partial charge in [0.25, 0.3) is 5.91 Å². The van der Waals surface area contributed by atoms with Crippen LogP contribution in [0.1, 0.15) is 12.0 Å². The smallest absolute Gasteiger partial charge is 0.311 e. The van der Waals surface area contributed by atoms with Crippen molar-refractivity contribution < 1.29 is 19.1 Å². The number of benzene rings is 2. The summed E-state index contributed by atoms with van der Waals surface area (Å²) in [5.41, 5.74) is 2.12. The fourth-order valence-corrected chi connectivity index (χ4v) is 3.34. The van der Waals surface area contributed by atoms with Crippen molar-refractivity contribution in [1.82, 2.24) is 0 Å². The number of carbonyl (C=O) groups is 3. The molecular weight excluding hydrogens is 448 g/mol. The Morgan fingerprint density at radius 2 is 1.96 bits per heavy atom. The third-order valence-electron chi connectivity index (χ3n) is 4.42. The van der Waals surface area contributed by atoms with E-state index >= 15 is 0 Å². The van der Waals surface area contributed by atoms with Gasteiger partial charge in [-0.15, -0.1) is 0 Å². The number of rotatable bonds is 5. The highest BCUT2D eigenvalue weighted by Gasteiger charge is 2.36. The van der Waals surface area contributed by atoms with Crippen molar-refractivity contribution in [3.8, 4) is 0 Å². The number of halogens is 2. The zero-order valence-corrected chi connectivity index (χ0v) is 17.4. The van der Waals surface area contributed by atoms with Crippen molar-refractivity contribution in [2.45, 2.75) is 13.3 Å². The van der Waals surface area contributed by atoms with Gasteiger partial charge in [-0.3, -0.25) is 14.4 Å². The third-order valence-corrected chi connectivity index (χ3v) is 5.18. The van der Waals surface area contributed by atoms with E-state index in [0.29, 0.717) is 10.7 Å². The van der Waals surface area contributed by atoms with Crippen LogP contribution in [0, 0.1) is 12.8 Å². The summed E-state index contributed by atoms with van der Waals surface area (Å²) < 4.78 is 6.01. The van der Waals surface area contributed by atoms with Crippen molar-refractivity contribution in [3.05, 3.63) is 57.5 Å². The second kappa shape index (κ2) is 8.75. The Labute approximate surface area is 175 Å². The SMILES string of the molecule is Cc1ccc(Cl)cc1NC(=O)COC(=O)C1CC(=O)N(c2ccc(Br)cc2)C1. The Balaban J connectivity index is 1.53. The molecule has 1 heterocycles. The first-order valence-corrected chi connectivity index (χ1v) is 9.79. The minimum atomic E-state index is -0.600. The number of ether oxygens (including phenoxy) is 1. The number of hydrogen-bond donors (Lipinski definition) is 1. The summed E-state index contributed by atoms with van der Waals surface area (Å²) in [4.78, 5) is 38.1. The molecule has 2 aromatic rings. The Hall–Kier alpha value is -2.38. The Morgan fingerprint density at radius 3 is 2.68 bits per heavy atom. The molecule has 1 saturated heterocycles. The largest absolute Gasteiger partial charge is 0.455 e. The molecule has 0 spiro atoms. The predicted octanol–water partition coefficient (Wildman–Crippen LogP) is 3.95. The van der Waals surface area contributed by atoms with Crippen LogP contribution in [0.25, 0.3) is 0 Å². The molecule has 2 amide bonds. The molecule has 0 aliphatic carbocycles. The monoisotopic (exact) mass is 464 g/mol. The maximum atomic E-state index is 12.3. The minimum absolute atomic E-state index is 0.0594. The summed E-state index contributed by atoms with van der Waals surface area (Å²) in [5.74, 6) is -1.78. The summed E-state index contributed by atoms with van der Waals surface area (Å²) in [6, 6.07) is 12.4. The molecule has 0 radical (unpaired) electrons. The summed E-state index contributed by atoms with van der Waals surface area (Å²) >= 11 is 9.27. The van der Waals surface area contributed by atoms with E-state index in [9.17, 15) is 14.4 Å². The molecule has 1 aliphatic heterocycles. The minimum Gasteiger partial charge on any atom is -0.455 e. The van der Waals surface area contributed by atoms with Gasteiger partial charge >= 0.3 is 5.97 Å². The van der Waals surface area contributed by atoms with Crippen LogP contribution in [0.2, 0.25) is 5.02 Å². The molecule has 1 fully saturated rings. The lowest BCUT2D eigenvalue weighted by Crippen LogP contribution is -2.28. The van der Waals surface area contributed by atoms with Crippen LogP contribution in [0.3, 0.4) is 0 Å². The molecule has 2 aromatic carbocycles. The maximum absolute atomic E-state index is 12.3. The van der Waals surface area contributed by atoms with E-state index in [1.165, 1.54) is 0 Å². The number of anilines is 2. The van der Waals surface area contributed by atoms with Crippen molar-refractivity contribution in [3.63, 3.8) is 0 Å². The van der Waals surface area contributed by atoms with Crippen molar-refractivity contribution >= 4 is 56.7 Å². The molecule has 0 saturated carbocycles. The van der Waals surface area contributed by atoms with Gasteiger partial charge in [0, 0.05) is 33.8 Å². The van der Waals surface area contributed by atoms with E-state index in [1.54, 1.807) is 35.2 Å². The second-order valence-corrected chi connectivity index (χ2v) is 7.85. The van der Waals surface area contributed by atoms with Crippen LogP contribution in [-0.2, 0) is 19.1 Å². The predicted molar refractivity (Wildman–Crippen MR) is 110 cm³/mol. The van der Waals surface area contributed by atoms with Gasteiger partial charge in [0.15, 0.2) is 6.61 Å². The molecule has 146 valence electrons. The topological polar surface area (TPSA) is 75.7 Å². The zero-order chi connectivity index (χ0) is 20.3. The summed E-state index contributed by atoms with van der Waals surface area (Å²) in [7, 11) is 0. The van der Waals surface area contributed by atoms with Gasteiger partial charge in [-0.05, 0) is 48.9 Å². The van der Waals surface area contributed by atoms with Gasteiger partial charge in [-0.25, -0.2) is 0 Å². The number of carbonyl (C=O) groups excluding carboxylic acids is 3. The number of nitrogens with one attached hydrogen (secondary N) is 1. The summed E-state index contributed by atoms with van der Waals surface area (Å²) in [6.45, 7) is 1.64. The van der Waals surface area contributed by atoms with Gasteiger partial charge < -0.3 is 15.0 Å². The average molecular weight is 466 g/mol. The van der Waals surface area contributed by atoms with E-state index in [4.69, 9.17) is 16.3 Å². The van der Waals surface area contributed by atoms with E-state index < -0.39 is 24.4 Å². The highest BCUT2D eigenvalue weighted by molar-refractivity contribution is 9.10. The molecule has 1 atom stereocenters. The van der Waals surface area contributed by atoms with Crippen molar-refractivity contribution in [2.24, 2.45) is 5.92 Å². The first kappa shape index (κ1) is 20.4. The van der Waals surface area contributed by atoms with Crippen LogP contribution in [0.5, 0.6) is 0 Å². The van der Waals surface area contributed by atoms with Gasteiger partial charge in [0.1, 0.15) is 0 Å². The zero-order valence-electron chi connectivity index (χ0n) is 15.1. The first-order valence-electron chi connectivity index (χ1n) is 8.62. The molecule has 3 rings (SSSR count). The normalized spacial score (nSPS) is 16.2.